The summed E-state index contributed by atoms with van der Waals surface area (Å²) in [6, 6.07) is 0. The molecule has 3 N–H and O–H groups in total. The van der Waals surface area contributed by atoms with Crippen molar-refractivity contribution < 1.29 is 43.8 Å². The van der Waals surface area contributed by atoms with Crippen LogP contribution in [0, 0.1) is 17.8 Å². The molecule has 0 amide bonds. The number of allylic oxidation sites excluding steroid dienone is 2. The second-order valence-electron chi connectivity index (χ2n) is 13.5. The summed E-state index contributed by atoms with van der Waals surface area (Å²) in [5.41, 5.74) is -1.09. The molecule has 6 rings (SSSR count). The van der Waals surface area contributed by atoms with Crippen LogP contribution in [0.2, 0.25) is 0 Å². The van der Waals surface area contributed by atoms with Gasteiger partial charge in [-0.3, -0.25) is 4.79 Å². The molecule has 6 aliphatic rings. The number of aliphatic hydroxyl groups is 3. The molecule has 5 aliphatic heterocycles. The van der Waals surface area contributed by atoms with Gasteiger partial charge in [0.2, 0.25) is 0 Å². The van der Waals surface area contributed by atoms with Crippen molar-refractivity contribution in [2.24, 2.45) is 17.8 Å². The number of hydrogen-bond donors (Lipinski definition) is 3. The SMILES string of the molecule is CC[C@H]1O[C@]2(CC[C@@H]1C)C[C@@H]1C[C@@H](C[C@@H]3O[C@@]3(C)C[C@@H](CO)/C=C/C=C3\CO[C@@H]4[C@H](O)C(C)=C[C@@H](C(=O)O1)[C@]34O)O2. The van der Waals surface area contributed by atoms with Gasteiger partial charge < -0.3 is 39.0 Å². The average molecular weight is 575 g/mol. The molecule has 0 saturated carbocycles. The summed E-state index contributed by atoms with van der Waals surface area (Å²) < 4.78 is 31.7. The van der Waals surface area contributed by atoms with Gasteiger partial charge in [0, 0.05) is 38.2 Å². The van der Waals surface area contributed by atoms with Crippen molar-refractivity contribution in [1.29, 1.82) is 0 Å². The molecule has 4 fully saturated rings. The quantitative estimate of drug-likeness (QED) is 0.259. The van der Waals surface area contributed by atoms with Gasteiger partial charge >= 0.3 is 5.97 Å². The Labute approximate surface area is 242 Å². The fourth-order valence-electron chi connectivity index (χ4n) is 7.92. The highest BCUT2D eigenvalue weighted by molar-refractivity contribution is 5.78. The molecule has 0 unspecified atom stereocenters. The first-order valence-corrected chi connectivity index (χ1v) is 15.4. The first kappa shape index (κ1) is 29.5. The van der Waals surface area contributed by atoms with Gasteiger partial charge in [-0.2, -0.15) is 0 Å². The van der Waals surface area contributed by atoms with E-state index in [1.54, 1.807) is 25.2 Å². The number of carbonyl (C=O) groups excluding carboxylic acids is 1. The van der Waals surface area contributed by atoms with Crippen molar-refractivity contribution in [1.82, 2.24) is 0 Å². The lowest BCUT2D eigenvalue weighted by molar-refractivity contribution is -0.336. The number of hydrogen-bond acceptors (Lipinski definition) is 9. The van der Waals surface area contributed by atoms with E-state index < -0.39 is 47.2 Å². The first-order chi connectivity index (χ1) is 19.5. The van der Waals surface area contributed by atoms with Crippen LogP contribution in [0.5, 0.6) is 0 Å². The van der Waals surface area contributed by atoms with Crippen LogP contribution in [0.1, 0.15) is 72.6 Å². The number of carbonyl (C=O) groups is 1. The molecule has 0 aromatic heterocycles. The molecule has 228 valence electrons. The molecule has 41 heavy (non-hydrogen) atoms. The molecule has 0 aromatic carbocycles. The molecule has 12 atom stereocenters. The summed E-state index contributed by atoms with van der Waals surface area (Å²) in [5.74, 6) is -2.16. The maximum absolute atomic E-state index is 13.9. The molecular weight excluding hydrogens is 528 g/mol. The van der Waals surface area contributed by atoms with Crippen molar-refractivity contribution in [2.45, 2.75) is 126 Å². The van der Waals surface area contributed by atoms with Crippen LogP contribution in [0.25, 0.3) is 0 Å². The highest BCUT2D eigenvalue weighted by Gasteiger charge is 2.60. The molecule has 2 bridgehead atoms. The van der Waals surface area contributed by atoms with E-state index in [0.29, 0.717) is 42.7 Å². The minimum atomic E-state index is -1.75. The largest absolute Gasteiger partial charge is 0.462 e. The lowest BCUT2D eigenvalue weighted by Gasteiger charge is -2.50. The number of epoxide rings is 1. The first-order valence-electron chi connectivity index (χ1n) is 15.4. The summed E-state index contributed by atoms with van der Waals surface area (Å²) in [6.07, 6.45) is 9.12. The van der Waals surface area contributed by atoms with Crippen LogP contribution < -0.4 is 0 Å². The molecule has 5 heterocycles. The molecular formula is C32H46O9. The minimum Gasteiger partial charge on any atom is -0.462 e. The zero-order valence-corrected chi connectivity index (χ0v) is 24.7. The molecule has 1 spiro atoms. The maximum atomic E-state index is 13.9. The number of fused-ring (bicyclic) bond motifs is 3. The Morgan fingerprint density at radius 1 is 1.12 bits per heavy atom. The second kappa shape index (κ2) is 10.8. The van der Waals surface area contributed by atoms with Gasteiger partial charge in [0.25, 0.3) is 0 Å². The van der Waals surface area contributed by atoms with Gasteiger partial charge in [-0.1, -0.05) is 38.2 Å². The van der Waals surface area contributed by atoms with Crippen molar-refractivity contribution in [3.63, 3.8) is 0 Å². The Balaban J connectivity index is 1.36. The predicted octanol–water partition coefficient (Wildman–Crippen LogP) is 3.11. The summed E-state index contributed by atoms with van der Waals surface area (Å²) in [6.45, 7) is 8.17. The monoisotopic (exact) mass is 574 g/mol. The van der Waals surface area contributed by atoms with Gasteiger partial charge in [0.05, 0.1) is 30.5 Å². The normalized spacial score (nSPS) is 52.0. The van der Waals surface area contributed by atoms with E-state index in [-0.39, 0.29) is 37.4 Å². The number of ether oxygens (including phenoxy) is 5. The van der Waals surface area contributed by atoms with E-state index in [1.165, 1.54) is 0 Å². The fourth-order valence-corrected chi connectivity index (χ4v) is 7.92. The summed E-state index contributed by atoms with van der Waals surface area (Å²) in [7, 11) is 0. The third-order valence-electron chi connectivity index (χ3n) is 10.5. The number of esters is 1. The summed E-state index contributed by atoms with van der Waals surface area (Å²) in [4.78, 5) is 13.9. The van der Waals surface area contributed by atoms with Crippen LogP contribution >= 0.6 is 0 Å². The number of rotatable bonds is 2. The highest BCUT2D eigenvalue weighted by Crippen LogP contribution is 2.50. The van der Waals surface area contributed by atoms with Gasteiger partial charge in [-0.05, 0) is 50.2 Å². The van der Waals surface area contributed by atoms with Crippen LogP contribution in [-0.4, -0.2) is 88.1 Å². The minimum absolute atomic E-state index is 0.0308. The number of aliphatic hydroxyl groups excluding tert-OH is 2. The Morgan fingerprint density at radius 2 is 1.93 bits per heavy atom. The van der Waals surface area contributed by atoms with Crippen LogP contribution in [-0.2, 0) is 28.5 Å². The van der Waals surface area contributed by atoms with Crippen molar-refractivity contribution in [3.8, 4) is 0 Å². The van der Waals surface area contributed by atoms with E-state index in [1.807, 2.05) is 6.08 Å². The third-order valence-corrected chi connectivity index (χ3v) is 10.5. The van der Waals surface area contributed by atoms with Gasteiger partial charge in [0.1, 0.15) is 29.8 Å². The average Bonchev–Trinajstić information content (AvgIpc) is 3.42. The maximum Gasteiger partial charge on any atom is 0.316 e. The van der Waals surface area contributed by atoms with Crippen LogP contribution in [0.4, 0.5) is 0 Å². The lowest BCUT2D eigenvalue weighted by Crippen LogP contribution is -2.58. The van der Waals surface area contributed by atoms with Crippen molar-refractivity contribution in [2.75, 3.05) is 13.2 Å². The molecule has 1 aliphatic carbocycles. The van der Waals surface area contributed by atoms with Crippen molar-refractivity contribution >= 4 is 5.97 Å². The standard InChI is InChI=1S/C32H46O9/c1-5-25-18(2)9-10-31(40-25)15-23-12-22(39-31)13-26-30(4,41-26)14-20(16-33)7-6-8-21-17-37-28-27(34)19(3)11-24(29(35)38-23)32(21,28)36/h6-8,11,18,20,22-28,33-34,36H,5,9-10,12-17H2,1-4H3/b7-6+,21-8+/t18-,20-,22-,23-,24-,25+,26-,27+,28+,30-,31+,32+/m0/s1. The zero-order valence-electron chi connectivity index (χ0n) is 24.7. The summed E-state index contributed by atoms with van der Waals surface area (Å²) >= 11 is 0. The zero-order chi connectivity index (χ0) is 29.2. The topological polar surface area (TPSA) is 127 Å². The molecule has 0 radical (unpaired) electrons. The predicted molar refractivity (Wildman–Crippen MR) is 149 cm³/mol. The second-order valence-corrected chi connectivity index (χ2v) is 13.5. The van der Waals surface area contributed by atoms with Crippen LogP contribution in [0.3, 0.4) is 0 Å². The van der Waals surface area contributed by atoms with Gasteiger partial charge in [-0.25, -0.2) is 0 Å². The van der Waals surface area contributed by atoms with E-state index in [2.05, 4.69) is 20.8 Å². The Bertz CT molecular complexity index is 1120. The fraction of sp³-hybridized carbons (Fsp3) is 0.781. The highest BCUT2D eigenvalue weighted by atomic mass is 16.7. The summed E-state index contributed by atoms with van der Waals surface area (Å²) in [5, 5.41) is 33.1. The Kier molecular flexibility index (Phi) is 7.80. The van der Waals surface area contributed by atoms with Crippen LogP contribution in [0.15, 0.2) is 35.5 Å². The van der Waals surface area contributed by atoms with E-state index >= 15 is 0 Å². The smallest absolute Gasteiger partial charge is 0.316 e. The Hall–Kier alpha value is -1.59. The van der Waals surface area contributed by atoms with Gasteiger partial charge in [0.15, 0.2) is 5.79 Å². The molecule has 9 heteroatoms. The lowest BCUT2D eigenvalue weighted by atomic mass is 9.71. The molecule has 9 nitrogen and oxygen atoms in total. The third kappa shape index (κ3) is 5.26. The molecule has 4 saturated heterocycles. The molecule has 0 aromatic rings. The van der Waals surface area contributed by atoms with Gasteiger partial charge in [-0.15, -0.1) is 0 Å². The van der Waals surface area contributed by atoms with E-state index in [0.717, 1.165) is 19.3 Å². The van der Waals surface area contributed by atoms with E-state index in [9.17, 15) is 20.1 Å². The van der Waals surface area contributed by atoms with E-state index in [4.69, 9.17) is 23.7 Å². The Morgan fingerprint density at radius 3 is 2.68 bits per heavy atom. The van der Waals surface area contributed by atoms with Crippen molar-refractivity contribution in [3.05, 3.63) is 35.5 Å².